The van der Waals surface area contributed by atoms with Gasteiger partial charge in [-0.05, 0) is 48.7 Å². The van der Waals surface area contributed by atoms with Gasteiger partial charge in [-0.15, -0.1) is 0 Å². The van der Waals surface area contributed by atoms with E-state index < -0.39 is 0 Å². The van der Waals surface area contributed by atoms with Crippen LogP contribution in [0.3, 0.4) is 0 Å². The second-order valence-electron chi connectivity index (χ2n) is 6.53. The largest absolute Gasteiger partial charge is 0.351 e. The minimum absolute atomic E-state index is 0.193. The van der Waals surface area contributed by atoms with Gasteiger partial charge in [-0.3, -0.25) is 9.59 Å². The number of hydrogen-bond acceptors (Lipinski definition) is 2. The first-order valence-corrected chi connectivity index (χ1v) is 8.86. The molecule has 2 aromatic carbocycles. The molecular weight excluding hydrogens is 348 g/mol. The lowest BCUT2D eigenvalue weighted by atomic mass is 10.1. The molecule has 2 aromatic rings. The second-order valence-corrected chi connectivity index (χ2v) is 6.97. The number of carbonyl (C=O) groups is 2. The quantitative estimate of drug-likeness (QED) is 0.749. The second kappa shape index (κ2) is 9.20. The van der Waals surface area contributed by atoms with E-state index in [1.165, 1.54) is 0 Å². The fraction of sp³-hybridized carbons (Fsp3) is 0.238. The summed E-state index contributed by atoms with van der Waals surface area (Å²) in [6.45, 7) is 6.49. The molecule has 0 aliphatic heterocycles. The summed E-state index contributed by atoms with van der Waals surface area (Å²) < 4.78 is 0. The zero-order chi connectivity index (χ0) is 19.1. The van der Waals surface area contributed by atoms with Gasteiger partial charge in [-0.25, -0.2) is 0 Å². The summed E-state index contributed by atoms with van der Waals surface area (Å²) in [6, 6.07) is 14.2. The lowest BCUT2D eigenvalue weighted by Crippen LogP contribution is -2.36. The van der Waals surface area contributed by atoms with Gasteiger partial charge in [0.1, 0.15) is 5.70 Å². The maximum atomic E-state index is 12.5. The molecule has 0 aromatic heterocycles. The summed E-state index contributed by atoms with van der Waals surface area (Å²) in [5.74, 6) is -0.345. The Bertz CT molecular complexity index is 794. The first-order valence-electron chi connectivity index (χ1n) is 8.48. The lowest BCUT2D eigenvalue weighted by Gasteiger charge is -2.12. The van der Waals surface area contributed by atoms with Gasteiger partial charge in [0, 0.05) is 17.1 Å². The van der Waals surface area contributed by atoms with Gasteiger partial charge in [-0.2, -0.15) is 0 Å². The van der Waals surface area contributed by atoms with E-state index in [-0.39, 0.29) is 17.5 Å². The van der Waals surface area contributed by atoms with E-state index in [1.54, 1.807) is 42.5 Å². The number of amides is 2. The number of rotatable bonds is 6. The molecule has 0 spiro atoms. The Balaban J connectivity index is 2.24. The molecule has 136 valence electrons. The zero-order valence-corrected chi connectivity index (χ0v) is 15.9. The van der Waals surface area contributed by atoms with Crippen LogP contribution in [0.15, 0.2) is 54.2 Å². The Morgan fingerprint density at radius 2 is 1.65 bits per heavy atom. The van der Waals surface area contributed by atoms with Crippen LogP contribution in [-0.4, -0.2) is 18.4 Å². The molecule has 0 aliphatic rings. The van der Waals surface area contributed by atoms with Crippen molar-refractivity contribution >= 4 is 29.5 Å². The van der Waals surface area contributed by atoms with Crippen molar-refractivity contribution in [2.75, 3.05) is 6.54 Å². The Labute approximate surface area is 159 Å². The maximum absolute atomic E-state index is 12.5. The van der Waals surface area contributed by atoms with Gasteiger partial charge < -0.3 is 10.6 Å². The van der Waals surface area contributed by atoms with Gasteiger partial charge in [0.15, 0.2) is 0 Å². The Morgan fingerprint density at radius 1 is 1.04 bits per heavy atom. The number of nitrogens with one attached hydrogen (secondary N) is 2. The summed E-state index contributed by atoms with van der Waals surface area (Å²) in [5.41, 5.74) is 2.52. The predicted molar refractivity (Wildman–Crippen MR) is 106 cm³/mol. The zero-order valence-electron chi connectivity index (χ0n) is 15.2. The fourth-order valence-corrected chi connectivity index (χ4v) is 2.30. The van der Waals surface area contributed by atoms with E-state index in [0.29, 0.717) is 23.0 Å². The molecule has 2 N–H and O–H groups in total. The van der Waals surface area contributed by atoms with E-state index in [9.17, 15) is 9.59 Å². The van der Waals surface area contributed by atoms with Crippen LogP contribution in [0.4, 0.5) is 0 Å². The minimum Gasteiger partial charge on any atom is -0.351 e. The van der Waals surface area contributed by atoms with Crippen LogP contribution in [-0.2, 0) is 4.79 Å². The van der Waals surface area contributed by atoms with Crippen LogP contribution in [0, 0.1) is 12.8 Å². The van der Waals surface area contributed by atoms with Gasteiger partial charge in [0.2, 0.25) is 0 Å². The maximum Gasteiger partial charge on any atom is 0.267 e. The molecule has 0 saturated heterocycles. The SMILES string of the molecule is Cc1ccc(C(=O)N/C(=C\c2ccc(Cl)cc2)C(=O)NCC(C)C)cc1. The van der Waals surface area contributed by atoms with Crippen molar-refractivity contribution in [2.45, 2.75) is 20.8 Å². The van der Waals surface area contributed by atoms with Gasteiger partial charge >= 0.3 is 0 Å². The fourth-order valence-electron chi connectivity index (χ4n) is 2.18. The highest BCUT2D eigenvalue weighted by atomic mass is 35.5. The van der Waals surface area contributed by atoms with E-state index in [1.807, 2.05) is 32.9 Å². The highest BCUT2D eigenvalue weighted by molar-refractivity contribution is 6.30. The molecule has 0 atom stereocenters. The molecular formula is C21H23ClN2O2. The van der Waals surface area contributed by atoms with E-state index >= 15 is 0 Å². The van der Waals surface area contributed by atoms with E-state index in [2.05, 4.69) is 10.6 Å². The van der Waals surface area contributed by atoms with Crippen LogP contribution >= 0.6 is 11.6 Å². The first kappa shape index (κ1) is 19.7. The standard InChI is InChI=1S/C21H23ClN2O2/c1-14(2)13-23-21(26)19(12-16-6-10-18(22)11-7-16)24-20(25)17-8-4-15(3)5-9-17/h4-12,14H,13H2,1-3H3,(H,23,26)(H,24,25)/b19-12-. The third-order valence-electron chi connectivity index (χ3n) is 3.66. The van der Waals surface area contributed by atoms with Crippen molar-refractivity contribution in [3.63, 3.8) is 0 Å². The molecule has 26 heavy (non-hydrogen) atoms. The topological polar surface area (TPSA) is 58.2 Å². The molecule has 0 radical (unpaired) electrons. The third-order valence-corrected chi connectivity index (χ3v) is 3.91. The van der Waals surface area contributed by atoms with Crippen LogP contribution in [0.2, 0.25) is 5.02 Å². The Kier molecular flexibility index (Phi) is 6.98. The molecule has 0 unspecified atom stereocenters. The average Bonchev–Trinajstić information content (AvgIpc) is 2.61. The average molecular weight is 371 g/mol. The van der Waals surface area contributed by atoms with Crippen molar-refractivity contribution in [1.29, 1.82) is 0 Å². The molecule has 0 aliphatic carbocycles. The number of aryl methyl sites for hydroxylation is 1. The van der Waals surface area contributed by atoms with Crippen molar-refractivity contribution in [3.05, 3.63) is 75.9 Å². The highest BCUT2D eigenvalue weighted by Crippen LogP contribution is 2.13. The number of carbonyl (C=O) groups excluding carboxylic acids is 2. The summed E-state index contributed by atoms with van der Waals surface area (Å²) >= 11 is 5.90. The minimum atomic E-state index is -0.329. The van der Waals surface area contributed by atoms with Crippen LogP contribution in [0.1, 0.15) is 35.3 Å². The van der Waals surface area contributed by atoms with Crippen LogP contribution in [0.5, 0.6) is 0 Å². The van der Waals surface area contributed by atoms with E-state index in [4.69, 9.17) is 11.6 Å². The first-order chi connectivity index (χ1) is 12.3. The third kappa shape index (κ3) is 6.05. The van der Waals surface area contributed by atoms with Crippen molar-refractivity contribution in [3.8, 4) is 0 Å². The van der Waals surface area contributed by atoms with Crippen molar-refractivity contribution in [1.82, 2.24) is 10.6 Å². The summed E-state index contributed by atoms with van der Waals surface area (Å²) in [6.07, 6.45) is 1.64. The number of hydrogen-bond donors (Lipinski definition) is 2. The molecule has 0 saturated carbocycles. The number of halogens is 1. The van der Waals surface area contributed by atoms with Crippen molar-refractivity contribution in [2.24, 2.45) is 5.92 Å². The highest BCUT2D eigenvalue weighted by Gasteiger charge is 2.14. The molecule has 0 bridgehead atoms. The molecule has 0 heterocycles. The van der Waals surface area contributed by atoms with E-state index in [0.717, 1.165) is 11.1 Å². The monoisotopic (exact) mass is 370 g/mol. The van der Waals surface area contributed by atoms with Crippen molar-refractivity contribution < 1.29 is 9.59 Å². The predicted octanol–water partition coefficient (Wildman–Crippen LogP) is 4.19. The molecule has 0 fully saturated rings. The molecule has 4 nitrogen and oxygen atoms in total. The van der Waals surface area contributed by atoms with Gasteiger partial charge in [-0.1, -0.05) is 55.3 Å². The molecule has 2 amide bonds. The molecule has 5 heteroatoms. The Hall–Kier alpha value is -2.59. The summed E-state index contributed by atoms with van der Waals surface area (Å²) in [5, 5.41) is 6.16. The Morgan fingerprint density at radius 3 is 2.23 bits per heavy atom. The summed E-state index contributed by atoms with van der Waals surface area (Å²) in [7, 11) is 0. The van der Waals surface area contributed by atoms with Gasteiger partial charge in [0.05, 0.1) is 0 Å². The lowest BCUT2D eigenvalue weighted by molar-refractivity contribution is -0.117. The normalized spacial score (nSPS) is 11.3. The summed E-state index contributed by atoms with van der Waals surface area (Å²) in [4.78, 5) is 25.0. The smallest absolute Gasteiger partial charge is 0.267 e. The van der Waals surface area contributed by atoms with Crippen LogP contribution < -0.4 is 10.6 Å². The molecule has 2 rings (SSSR count). The van der Waals surface area contributed by atoms with Gasteiger partial charge in [0.25, 0.3) is 11.8 Å². The number of benzene rings is 2. The van der Waals surface area contributed by atoms with Crippen LogP contribution in [0.25, 0.3) is 6.08 Å².